The molecule has 1 saturated carbocycles. The van der Waals surface area contributed by atoms with E-state index < -0.39 is 9.84 Å². The fourth-order valence-electron chi connectivity index (χ4n) is 3.20. The van der Waals surface area contributed by atoms with E-state index in [1.54, 1.807) is 0 Å². The molecule has 0 aromatic carbocycles. The second-order valence-electron chi connectivity index (χ2n) is 6.84. The minimum atomic E-state index is -2.86. The Morgan fingerprint density at radius 3 is 2.74 bits per heavy atom. The second kappa shape index (κ2) is 5.52. The van der Waals surface area contributed by atoms with Gasteiger partial charge in [-0.15, -0.1) is 0 Å². The number of sulfone groups is 1. The van der Waals surface area contributed by atoms with E-state index in [0.29, 0.717) is 30.9 Å². The maximum Gasteiger partial charge on any atom is 0.151 e. The van der Waals surface area contributed by atoms with E-state index in [4.69, 9.17) is 0 Å². The first-order valence-electron chi connectivity index (χ1n) is 7.23. The summed E-state index contributed by atoms with van der Waals surface area (Å²) < 4.78 is 23.2. The largest absolute Gasteiger partial charge is 0.302 e. The third kappa shape index (κ3) is 4.28. The Bertz CT molecular complexity index is 442. The van der Waals surface area contributed by atoms with Crippen LogP contribution in [0.3, 0.4) is 0 Å². The molecule has 1 unspecified atom stereocenters. The smallest absolute Gasteiger partial charge is 0.151 e. The number of carbonyl (C=O) groups is 1. The molecule has 0 amide bonds. The minimum absolute atomic E-state index is 0.101. The van der Waals surface area contributed by atoms with Crippen molar-refractivity contribution in [3.8, 4) is 0 Å². The molecule has 4 nitrogen and oxygen atoms in total. The van der Waals surface area contributed by atoms with Gasteiger partial charge in [-0.2, -0.15) is 0 Å². The van der Waals surface area contributed by atoms with Crippen molar-refractivity contribution >= 4 is 15.6 Å². The summed E-state index contributed by atoms with van der Waals surface area (Å²) in [6, 6.07) is 0. The summed E-state index contributed by atoms with van der Waals surface area (Å²) in [4.78, 5) is 14.2. The SMILES string of the molecule is CC1(C)CCC(=O)C(CN2CCCS(=O)(=O)CC2)C1. The molecule has 0 aromatic rings. The van der Waals surface area contributed by atoms with Gasteiger partial charge in [0.05, 0.1) is 11.5 Å². The summed E-state index contributed by atoms with van der Waals surface area (Å²) in [5, 5.41) is 0. The summed E-state index contributed by atoms with van der Waals surface area (Å²) in [6.45, 7) is 6.59. The van der Waals surface area contributed by atoms with Crippen LogP contribution < -0.4 is 0 Å². The molecule has 19 heavy (non-hydrogen) atoms. The lowest BCUT2D eigenvalue weighted by Gasteiger charge is -2.36. The summed E-state index contributed by atoms with van der Waals surface area (Å²) in [5.74, 6) is 1.02. The van der Waals surface area contributed by atoms with Gasteiger partial charge in [0.1, 0.15) is 5.78 Å². The molecule has 0 aromatic heterocycles. The maximum atomic E-state index is 12.0. The van der Waals surface area contributed by atoms with E-state index in [1.165, 1.54) is 0 Å². The number of Topliss-reactive ketones (excluding diaryl/α,β-unsaturated/α-hetero) is 1. The molecule has 110 valence electrons. The lowest BCUT2D eigenvalue weighted by atomic mass is 9.71. The quantitative estimate of drug-likeness (QED) is 0.772. The highest BCUT2D eigenvalue weighted by Crippen LogP contribution is 2.37. The predicted octanol–water partition coefficient (Wildman–Crippen LogP) is 1.50. The van der Waals surface area contributed by atoms with Crippen LogP contribution >= 0.6 is 0 Å². The zero-order valence-electron chi connectivity index (χ0n) is 12.0. The molecule has 5 heteroatoms. The Kier molecular flexibility index (Phi) is 4.35. The highest BCUT2D eigenvalue weighted by molar-refractivity contribution is 7.91. The molecule has 1 aliphatic carbocycles. The van der Waals surface area contributed by atoms with E-state index in [9.17, 15) is 13.2 Å². The number of hydrogen-bond acceptors (Lipinski definition) is 4. The number of nitrogens with zero attached hydrogens (tertiary/aromatic N) is 1. The van der Waals surface area contributed by atoms with Crippen molar-refractivity contribution in [1.29, 1.82) is 0 Å². The molecule has 1 saturated heterocycles. The van der Waals surface area contributed by atoms with Crippen LogP contribution in [0.25, 0.3) is 0 Å². The minimum Gasteiger partial charge on any atom is -0.302 e. The Hall–Kier alpha value is -0.420. The van der Waals surface area contributed by atoms with Crippen LogP contribution in [0, 0.1) is 11.3 Å². The van der Waals surface area contributed by atoms with Crippen LogP contribution in [0.15, 0.2) is 0 Å². The lowest BCUT2D eigenvalue weighted by molar-refractivity contribution is -0.127. The zero-order valence-corrected chi connectivity index (χ0v) is 12.8. The summed E-state index contributed by atoms with van der Waals surface area (Å²) in [6.07, 6.45) is 3.31. The van der Waals surface area contributed by atoms with Crippen LogP contribution in [-0.4, -0.2) is 50.2 Å². The molecule has 0 N–H and O–H groups in total. The first-order valence-corrected chi connectivity index (χ1v) is 9.05. The first-order chi connectivity index (χ1) is 8.77. The molecule has 1 aliphatic heterocycles. The number of carbonyl (C=O) groups excluding carboxylic acids is 1. The Balaban J connectivity index is 1.94. The maximum absolute atomic E-state index is 12.0. The van der Waals surface area contributed by atoms with E-state index in [-0.39, 0.29) is 17.1 Å². The third-order valence-electron chi connectivity index (χ3n) is 4.43. The van der Waals surface area contributed by atoms with Crippen molar-refractivity contribution in [3.63, 3.8) is 0 Å². The van der Waals surface area contributed by atoms with Crippen LogP contribution in [0.2, 0.25) is 0 Å². The molecule has 0 radical (unpaired) electrons. The van der Waals surface area contributed by atoms with Crippen LogP contribution in [0.4, 0.5) is 0 Å². The van der Waals surface area contributed by atoms with Gasteiger partial charge < -0.3 is 4.90 Å². The van der Waals surface area contributed by atoms with E-state index >= 15 is 0 Å². The first kappa shape index (κ1) is 15.0. The molecule has 0 spiro atoms. The lowest BCUT2D eigenvalue weighted by Crippen LogP contribution is -2.40. The standard InChI is InChI=1S/C14H25NO3S/c1-14(2)5-4-13(16)12(10-14)11-15-6-3-8-19(17,18)9-7-15/h12H,3-11H2,1-2H3. The molecular weight excluding hydrogens is 262 g/mol. The van der Waals surface area contributed by atoms with Crippen molar-refractivity contribution in [2.45, 2.75) is 39.5 Å². The molecule has 2 aliphatic rings. The highest BCUT2D eigenvalue weighted by atomic mass is 32.2. The molecule has 2 rings (SSSR count). The van der Waals surface area contributed by atoms with Gasteiger partial charge in [0, 0.05) is 25.4 Å². The molecule has 2 fully saturated rings. The summed E-state index contributed by atoms with van der Waals surface area (Å²) in [5.41, 5.74) is 0.247. The molecular formula is C14H25NO3S. The molecule has 0 bridgehead atoms. The Morgan fingerprint density at radius 2 is 2.00 bits per heavy atom. The topological polar surface area (TPSA) is 54.5 Å². The van der Waals surface area contributed by atoms with Gasteiger partial charge >= 0.3 is 0 Å². The van der Waals surface area contributed by atoms with Gasteiger partial charge in [0.25, 0.3) is 0 Å². The van der Waals surface area contributed by atoms with Crippen LogP contribution in [0.1, 0.15) is 39.5 Å². The van der Waals surface area contributed by atoms with E-state index in [0.717, 1.165) is 25.9 Å². The van der Waals surface area contributed by atoms with Crippen molar-refractivity contribution in [2.24, 2.45) is 11.3 Å². The van der Waals surface area contributed by atoms with Crippen molar-refractivity contribution < 1.29 is 13.2 Å². The van der Waals surface area contributed by atoms with Gasteiger partial charge in [-0.3, -0.25) is 4.79 Å². The molecule has 1 heterocycles. The Labute approximate surface area is 116 Å². The van der Waals surface area contributed by atoms with Gasteiger partial charge in [-0.25, -0.2) is 8.42 Å². The van der Waals surface area contributed by atoms with E-state index in [2.05, 4.69) is 18.7 Å². The predicted molar refractivity (Wildman–Crippen MR) is 75.8 cm³/mol. The second-order valence-corrected chi connectivity index (χ2v) is 9.14. The van der Waals surface area contributed by atoms with Crippen LogP contribution in [0.5, 0.6) is 0 Å². The van der Waals surface area contributed by atoms with Crippen molar-refractivity contribution in [2.75, 3.05) is 31.1 Å². The Morgan fingerprint density at radius 1 is 1.26 bits per heavy atom. The highest BCUT2D eigenvalue weighted by Gasteiger charge is 2.34. The fraction of sp³-hybridized carbons (Fsp3) is 0.929. The van der Waals surface area contributed by atoms with Gasteiger partial charge in [-0.1, -0.05) is 13.8 Å². The van der Waals surface area contributed by atoms with Crippen molar-refractivity contribution in [1.82, 2.24) is 4.90 Å². The normalized spacial score (nSPS) is 31.9. The van der Waals surface area contributed by atoms with Gasteiger partial charge in [-0.05, 0) is 31.2 Å². The average molecular weight is 287 g/mol. The van der Waals surface area contributed by atoms with Gasteiger partial charge in [0.2, 0.25) is 0 Å². The zero-order chi connectivity index (χ0) is 14.1. The number of rotatable bonds is 2. The third-order valence-corrected chi connectivity index (χ3v) is 6.14. The fourth-order valence-corrected chi connectivity index (χ4v) is 4.51. The summed E-state index contributed by atoms with van der Waals surface area (Å²) >= 11 is 0. The van der Waals surface area contributed by atoms with Crippen LogP contribution in [-0.2, 0) is 14.6 Å². The van der Waals surface area contributed by atoms with E-state index in [1.807, 2.05) is 0 Å². The average Bonchev–Trinajstić information content (AvgIpc) is 2.46. The number of hydrogen-bond donors (Lipinski definition) is 0. The monoisotopic (exact) mass is 287 g/mol. The summed E-state index contributed by atoms with van der Waals surface area (Å²) in [7, 11) is -2.86. The number of ketones is 1. The molecule has 1 atom stereocenters. The van der Waals surface area contributed by atoms with Crippen molar-refractivity contribution in [3.05, 3.63) is 0 Å². The van der Waals surface area contributed by atoms with Gasteiger partial charge in [0.15, 0.2) is 9.84 Å².